The third-order valence-corrected chi connectivity index (χ3v) is 4.97. The Morgan fingerprint density at radius 2 is 1.83 bits per heavy atom. The number of carbonyl (C=O) groups excluding carboxylic acids is 1. The normalized spacial score (nSPS) is 11.1. The highest BCUT2D eigenvalue weighted by molar-refractivity contribution is 7.89. The third-order valence-electron chi connectivity index (χ3n) is 3.49. The molecule has 0 unspecified atom stereocenters. The summed E-state index contributed by atoms with van der Waals surface area (Å²) in [6.45, 7) is 0.250. The number of nitrogens with one attached hydrogen (secondary N) is 2. The number of carbonyl (C=O) groups is 1. The van der Waals surface area contributed by atoms with Gasteiger partial charge in [0.05, 0.1) is 7.11 Å². The average molecular weight is 348 g/mol. The number of methoxy groups -OCH3 is 1. The maximum Gasteiger partial charge on any atom is 0.251 e. The Morgan fingerprint density at radius 1 is 1.12 bits per heavy atom. The number of amides is 1. The van der Waals surface area contributed by atoms with Crippen LogP contribution in [0.4, 0.5) is 0 Å². The first-order valence-corrected chi connectivity index (χ1v) is 8.90. The summed E-state index contributed by atoms with van der Waals surface area (Å²) in [4.78, 5) is 11.7. The van der Waals surface area contributed by atoms with Crippen molar-refractivity contribution in [2.24, 2.45) is 0 Å². The molecule has 2 aromatic rings. The SMILES string of the molecule is CNC(=O)c1ccc(OC)c(S(=O)(=O)NCCc2ccccc2)c1. The van der Waals surface area contributed by atoms with Crippen molar-refractivity contribution in [1.82, 2.24) is 10.0 Å². The van der Waals surface area contributed by atoms with E-state index >= 15 is 0 Å². The number of sulfonamides is 1. The highest BCUT2D eigenvalue weighted by atomic mass is 32.2. The molecular weight excluding hydrogens is 328 g/mol. The molecular formula is C17H20N2O4S. The molecule has 0 fully saturated rings. The van der Waals surface area contributed by atoms with E-state index in [0.29, 0.717) is 6.42 Å². The molecule has 0 atom stereocenters. The Bertz CT molecular complexity index is 805. The summed E-state index contributed by atoms with van der Waals surface area (Å²) in [5, 5.41) is 2.47. The maximum atomic E-state index is 12.5. The van der Waals surface area contributed by atoms with E-state index in [-0.39, 0.29) is 28.7 Å². The molecule has 0 heterocycles. The second-order valence-corrected chi connectivity index (χ2v) is 6.81. The van der Waals surface area contributed by atoms with Crippen molar-refractivity contribution in [3.8, 4) is 5.75 Å². The van der Waals surface area contributed by atoms with E-state index in [4.69, 9.17) is 4.74 Å². The summed E-state index contributed by atoms with van der Waals surface area (Å²) >= 11 is 0. The average Bonchev–Trinajstić information content (AvgIpc) is 2.61. The van der Waals surface area contributed by atoms with Crippen LogP contribution in [0.2, 0.25) is 0 Å². The zero-order chi connectivity index (χ0) is 17.6. The minimum atomic E-state index is -3.79. The number of hydrogen-bond donors (Lipinski definition) is 2. The molecule has 24 heavy (non-hydrogen) atoms. The lowest BCUT2D eigenvalue weighted by atomic mass is 10.2. The number of rotatable bonds is 7. The summed E-state index contributed by atoms with van der Waals surface area (Å²) < 4.78 is 32.7. The molecule has 0 aromatic heterocycles. The molecule has 0 aliphatic carbocycles. The molecule has 128 valence electrons. The van der Waals surface area contributed by atoms with E-state index in [1.807, 2.05) is 30.3 Å². The Kier molecular flexibility index (Phi) is 5.94. The quantitative estimate of drug-likeness (QED) is 0.796. The van der Waals surface area contributed by atoms with Crippen LogP contribution in [0.5, 0.6) is 5.75 Å². The Morgan fingerprint density at radius 3 is 2.46 bits per heavy atom. The lowest BCUT2D eigenvalue weighted by Crippen LogP contribution is -2.27. The van der Waals surface area contributed by atoms with Gasteiger partial charge in [0.1, 0.15) is 10.6 Å². The van der Waals surface area contributed by atoms with E-state index in [1.54, 1.807) is 0 Å². The molecule has 0 saturated carbocycles. The van der Waals surface area contributed by atoms with Crippen LogP contribution >= 0.6 is 0 Å². The first kappa shape index (κ1) is 18.0. The molecule has 2 rings (SSSR count). The number of hydrogen-bond acceptors (Lipinski definition) is 4. The minimum absolute atomic E-state index is 0.0563. The van der Waals surface area contributed by atoms with Crippen LogP contribution in [0.25, 0.3) is 0 Å². The smallest absolute Gasteiger partial charge is 0.251 e. The van der Waals surface area contributed by atoms with E-state index < -0.39 is 10.0 Å². The number of benzene rings is 2. The lowest BCUT2D eigenvalue weighted by molar-refractivity contribution is 0.0963. The molecule has 0 aliphatic heterocycles. The van der Waals surface area contributed by atoms with Gasteiger partial charge in [0.25, 0.3) is 5.91 Å². The van der Waals surface area contributed by atoms with Crippen LogP contribution in [-0.4, -0.2) is 35.0 Å². The lowest BCUT2D eigenvalue weighted by Gasteiger charge is -2.12. The second-order valence-electron chi connectivity index (χ2n) is 5.08. The largest absolute Gasteiger partial charge is 0.495 e. The predicted octanol–water partition coefficient (Wildman–Crippen LogP) is 1.58. The van der Waals surface area contributed by atoms with Crippen molar-refractivity contribution in [3.05, 3.63) is 59.7 Å². The van der Waals surface area contributed by atoms with E-state index in [2.05, 4.69) is 10.0 Å². The fraction of sp³-hybridized carbons (Fsp3) is 0.235. The maximum absolute atomic E-state index is 12.5. The van der Waals surface area contributed by atoms with Crippen molar-refractivity contribution >= 4 is 15.9 Å². The Labute approximate surface area is 141 Å². The van der Waals surface area contributed by atoms with Crippen molar-refractivity contribution in [1.29, 1.82) is 0 Å². The van der Waals surface area contributed by atoms with Crippen LogP contribution in [0.15, 0.2) is 53.4 Å². The summed E-state index contributed by atoms with van der Waals surface area (Å²) in [6, 6.07) is 13.9. The summed E-state index contributed by atoms with van der Waals surface area (Å²) in [6.07, 6.45) is 0.567. The van der Waals surface area contributed by atoms with Crippen LogP contribution < -0.4 is 14.8 Å². The van der Waals surface area contributed by atoms with Gasteiger partial charge in [-0.05, 0) is 30.2 Å². The van der Waals surface area contributed by atoms with Gasteiger partial charge in [-0.25, -0.2) is 13.1 Å². The minimum Gasteiger partial charge on any atom is -0.495 e. The zero-order valence-corrected chi connectivity index (χ0v) is 14.4. The van der Waals surface area contributed by atoms with E-state index in [1.165, 1.54) is 32.4 Å². The first-order valence-electron chi connectivity index (χ1n) is 7.41. The molecule has 2 N–H and O–H groups in total. The molecule has 6 nitrogen and oxygen atoms in total. The van der Waals surface area contributed by atoms with Crippen molar-refractivity contribution in [2.45, 2.75) is 11.3 Å². The van der Waals surface area contributed by atoms with Crippen molar-refractivity contribution < 1.29 is 17.9 Å². The number of ether oxygens (including phenoxy) is 1. The van der Waals surface area contributed by atoms with Crippen LogP contribution in [0, 0.1) is 0 Å². The van der Waals surface area contributed by atoms with Gasteiger partial charge in [-0.3, -0.25) is 4.79 Å². The van der Waals surface area contributed by atoms with Crippen LogP contribution in [0.1, 0.15) is 15.9 Å². The first-order chi connectivity index (χ1) is 11.5. The van der Waals surface area contributed by atoms with Crippen molar-refractivity contribution in [2.75, 3.05) is 20.7 Å². The monoisotopic (exact) mass is 348 g/mol. The molecule has 0 saturated heterocycles. The Hall–Kier alpha value is -2.38. The molecule has 0 aliphatic rings. The standard InChI is InChI=1S/C17H20N2O4S/c1-18-17(20)14-8-9-15(23-2)16(12-14)24(21,22)19-11-10-13-6-4-3-5-7-13/h3-9,12,19H,10-11H2,1-2H3,(H,18,20). The van der Waals surface area contributed by atoms with Gasteiger partial charge in [-0.15, -0.1) is 0 Å². The Balaban J connectivity index is 2.19. The van der Waals surface area contributed by atoms with Gasteiger partial charge >= 0.3 is 0 Å². The fourth-order valence-corrected chi connectivity index (χ4v) is 3.45. The van der Waals surface area contributed by atoms with E-state index in [0.717, 1.165) is 5.56 Å². The molecule has 0 spiro atoms. The third kappa shape index (κ3) is 4.33. The second kappa shape index (κ2) is 7.94. The molecule has 7 heteroatoms. The van der Waals surface area contributed by atoms with Crippen LogP contribution in [-0.2, 0) is 16.4 Å². The molecule has 0 radical (unpaired) electrons. The van der Waals surface area contributed by atoms with Gasteiger partial charge in [0, 0.05) is 19.2 Å². The van der Waals surface area contributed by atoms with E-state index in [9.17, 15) is 13.2 Å². The van der Waals surface area contributed by atoms with Gasteiger partial charge in [-0.1, -0.05) is 30.3 Å². The molecule has 1 amide bonds. The van der Waals surface area contributed by atoms with Gasteiger partial charge in [0.2, 0.25) is 10.0 Å². The van der Waals surface area contributed by atoms with Gasteiger partial charge in [0.15, 0.2) is 0 Å². The van der Waals surface area contributed by atoms with Crippen molar-refractivity contribution in [3.63, 3.8) is 0 Å². The van der Waals surface area contributed by atoms with Gasteiger partial charge < -0.3 is 10.1 Å². The topological polar surface area (TPSA) is 84.5 Å². The summed E-state index contributed by atoms with van der Waals surface area (Å²) in [5.74, 6) is -0.173. The fourth-order valence-electron chi connectivity index (χ4n) is 2.22. The van der Waals surface area contributed by atoms with Gasteiger partial charge in [-0.2, -0.15) is 0 Å². The highest BCUT2D eigenvalue weighted by Gasteiger charge is 2.21. The zero-order valence-electron chi connectivity index (χ0n) is 13.6. The summed E-state index contributed by atoms with van der Waals surface area (Å²) in [5.41, 5.74) is 1.29. The highest BCUT2D eigenvalue weighted by Crippen LogP contribution is 2.24. The molecule has 2 aromatic carbocycles. The van der Waals surface area contributed by atoms with Crippen LogP contribution in [0.3, 0.4) is 0 Å². The predicted molar refractivity (Wildman–Crippen MR) is 91.7 cm³/mol. The summed E-state index contributed by atoms with van der Waals surface area (Å²) in [7, 11) is -0.921. The molecule has 0 bridgehead atoms.